The minimum absolute atomic E-state index is 0.00786. The highest BCUT2D eigenvalue weighted by atomic mass is 32.2. The molecule has 0 bridgehead atoms. The predicted octanol–water partition coefficient (Wildman–Crippen LogP) is 2.42. The molecular weight excluding hydrogens is 371 g/mol. The first-order valence-electron chi connectivity index (χ1n) is 8.94. The molecular formula is C16H28F3N3O3S. The van der Waals surface area contributed by atoms with Gasteiger partial charge in [0.25, 0.3) is 0 Å². The van der Waals surface area contributed by atoms with Crippen molar-refractivity contribution in [2.24, 2.45) is 11.3 Å². The van der Waals surface area contributed by atoms with Gasteiger partial charge in [0.1, 0.15) is 5.25 Å². The van der Waals surface area contributed by atoms with Crippen molar-refractivity contribution in [1.82, 2.24) is 14.5 Å². The van der Waals surface area contributed by atoms with E-state index in [1.165, 1.54) is 14.1 Å². The van der Waals surface area contributed by atoms with Crippen LogP contribution in [0.3, 0.4) is 0 Å². The second kappa shape index (κ2) is 7.53. The second-order valence-corrected chi connectivity index (χ2v) is 10.0. The number of likely N-dealkylation sites (tertiary alicyclic amines) is 1. The Morgan fingerprint density at radius 2 is 1.81 bits per heavy atom. The van der Waals surface area contributed by atoms with Crippen LogP contribution in [0.2, 0.25) is 0 Å². The Labute approximate surface area is 153 Å². The van der Waals surface area contributed by atoms with Crippen molar-refractivity contribution in [1.29, 1.82) is 0 Å². The predicted molar refractivity (Wildman–Crippen MR) is 92.1 cm³/mol. The molecule has 10 heteroatoms. The number of hydrogen-bond acceptors (Lipinski definition) is 3. The summed E-state index contributed by atoms with van der Waals surface area (Å²) in [5.74, 6) is -2.08. The summed E-state index contributed by atoms with van der Waals surface area (Å²) >= 11 is 0. The lowest BCUT2D eigenvalue weighted by molar-refractivity contribution is -0.169. The molecule has 2 aliphatic rings. The molecule has 2 atom stereocenters. The highest BCUT2D eigenvalue weighted by molar-refractivity contribution is 7.89. The third-order valence-corrected chi connectivity index (χ3v) is 8.15. The molecule has 1 aliphatic heterocycles. The zero-order chi connectivity index (χ0) is 19.8. The molecule has 0 spiro atoms. The Kier molecular flexibility index (Phi) is 6.16. The van der Waals surface area contributed by atoms with E-state index in [9.17, 15) is 26.4 Å². The molecule has 26 heavy (non-hydrogen) atoms. The molecule has 1 saturated heterocycles. The Balaban J connectivity index is 2.09. The summed E-state index contributed by atoms with van der Waals surface area (Å²) in [5, 5.41) is 1.07. The molecule has 0 aromatic carbocycles. The molecule has 0 aromatic heterocycles. The van der Waals surface area contributed by atoms with E-state index < -0.39 is 46.5 Å². The fourth-order valence-corrected chi connectivity index (χ4v) is 5.55. The van der Waals surface area contributed by atoms with Crippen molar-refractivity contribution < 1.29 is 26.4 Å². The van der Waals surface area contributed by atoms with Gasteiger partial charge in [0.05, 0.1) is 5.92 Å². The first kappa shape index (κ1) is 21.3. The van der Waals surface area contributed by atoms with Crippen molar-refractivity contribution in [3.8, 4) is 0 Å². The van der Waals surface area contributed by atoms with Crippen LogP contribution in [0, 0.1) is 11.3 Å². The number of nitrogens with zero attached hydrogens (tertiary/aromatic N) is 2. The van der Waals surface area contributed by atoms with Gasteiger partial charge in [0, 0.05) is 33.7 Å². The Morgan fingerprint density at radius 3 is 2.27 bits per heavy atom. The fraction of sp³-hybridized carbons (Fsp3) is 0.938. The number of alkyl halides is 3. The van der Waals surface area contributed by atoms with E-state index in [-0.39, 0.29) is 5.41 Å². The zero-order valence-electron chi connectivity index (χ0n) is 15.5. The lowest BCUT2D eigenvalue weighted by Crippen LogP contribution is -2.44. The van der Waals surface area contributed by atoms with Crippen LogP contribution in [0.15, 0.2) is 0 Å². The summed E-state index contributed by atoms with van der Waals surface area (Å²) in [7, 11) is -1.72. The molecule has 152 valence electrons. The van der Waals surface area contributed by atoms with Gasteiger partial charge < -0.3 is 10.2 Å². The van der Waals surface area contributed by atoms with E-state index in [0.717, 1.165) is 41.3 Å². The normalized spacial score (nSPS) is 26.5. The van der Waals surface area contributed by atoms with Gasteiger partial charge in [-0.15, -0.1) is 0 Å². The number of nitrogens with one attached hydrogen (secondary N) is 1. The maximum Gasteiger partial charge on any atom is 0.394 e. The maximum absolute atomic E-state index is 13.3. The van der Waals surface area contributed by atoms with Crippen molar-refractivity contribution in [3.05, 3.63) is 0 Å². The molecule has 0 aromatic rings. The van der Waals surface area contributed by atoms with Gasteiger partial charge in [0.15, 0.2) is 0 Å². The lowest BCUT2D eigenvalue weighted by atomic mass is 9.83. The molecule has 1 heterocycles. The van der Waals surface area contributed by atoms with E-state index >= 15 is 0 Å². The van der Waals surface area contributed by atoms with E-state index in [1.54, 1.807) is 0 Å². The largest absolute Gasteiger partial charge is 0.394 e. The average Bonchev–Trinajstić information content (AvgIpc) is 3.20. The number of rotatable bonds is 5. The standard InChI is InChI=1S/C16H28F3N3O3S/c1-4-15(7-5-6-8-15)11-20-14(23)22-9-12(16(17,18)19)13(10-22)26(24,25)21(2)3/h12-13H,4-11H2,1-3H3,(H,20,23)/t12-,13-/m0/s1. The van der Waals surface area contributed by atoms with Crippen LogP contribution in [-0.2, 0) is 10.0 Å². The third-order valence-electron chi connectivity index (χ3n) is 5.89. The number of carbonyl (C=O) groups excluding carboxylic acids is 1. The molecule has 0 radical (unpaired) electrons. The van der Waals surface area contributed by atoms with Gasteiger partial charge in [0.2, 0.25) is 10.0 Å². The van der Waals surface area contributed by atoms with Crippen LogP contribution >= 0.6 is 0 Å². The van der Waals surface area contributed by atoms with Crippen LogP contribution < -0.4 is 5.32 Å². The molecule has 2 fully saturated rings. The maximum atomic E-state index is 13.3. The first-order chi connectivity index (χ1) is 11.9. The highest BCUT2D eigenvalue weighted by Gasteiger charge is 2.56. The van der Waals surface area contributed by atoms with E-state index in [0.29, 0.717) is 6.54 Å². The van der Waals surface area contributed by atoms with Gasteiger partial charge >= 0.3 is 12.2 Å². The van der Waals surface area contributed by atoms with Crippen molar-refractivity contribution >= 4 is 16.1 Å². The van der Waals surface area contributed by atoms with Crippen LogP contribution in [0.4, 0.5) is 18.0 Å². The molecule has 1 saturated carbocycles. The topological polar surface area (TPSA) is 69.7 Å². The van der Waals surface area contributed by atoms with Gasteiger partial charge in [-0.1, -0.05) is 19.8 Å². The first-order valence-corrected chi connectivity index (χ1v) is 10.4. The summed E-state index contributed by atoms with van der Waals surface area (Å²) in [6.45, 7) is 1.38. The monoisotopic (exact) mass is 399 g/mol. The summed E-state index contributed by atoms with van der Waals surface area (Å²) in [5.41, 5.74) is 0.00786. The smallest absolute Gasteiger partial charge is 0.337 e. The van der Waals surface area contributed by atoms with Gasteiger partial charge in [-0.3, -0.25) is 0 Å². The Morgan fingerprint density at radius 1 is 1.23 bits per heavy atom. The second-order valence-electron chi connectivity index (χ2n) is 7.64. The minimum atomic E-state index is -4.68. The van der Waals surface area contributed by atoms with Crippen molar-refractivity contribution in [2.45, 2.75) is 50.5 Å². The third kappa shape index (κ3) is 4.27. The summed E-state index contributed by atoms with van der Waals surface area (Å²) < 4.78 is 65.4. The molecule has 1 N–H and O–H groups in total. The molecule has 2 amide bonds. The van der Waals surface area contributed by atoms with Crippen LogP contribution in [0.1, 0.15) is 39.0 Å². The Bertz CT molecular complexity index is 616. The molecule has 1 aliphatic carbocycles. The average molecular weight is 399 g/mol. The van der Waals surface area contributed by atoms with Crippen LogP contribution in [0.25, 0.3) is 0 Å². The van der Waals surface area contributed by atoms with E-state index in [1.807, 2.05) is 6.92 Å². The van der Waals surface area contributed by atoms with Crippen LogP contribution in [0.5, 0.6) is 0 Å². The number of sulfonamides is 1. The number of halogens is 3. The van der Waals surface area contributed by atoms with Crippen LogP contribution in [-0.4, -0.2) is 68.8 Å². The SMILES string of the molecule is CCC1(CNC(=O)N2C[C@H](C(F)(F)F)[C@@H](S(=O)(=O)N(C)C)C2)CCCC1. The number of amides is 2. The summed E-state index contributed by atoms with van der Waals surface area (Å²) in [6.07, 6.45) is 0.383. The van der Waals surface area contributed by atoms with E-state index in [4.69, 9.17) is 0 Å². The molecule has 6 nitrogen and oxygen atoms in total. The quantitative estimate of drug-likeness (QED) is 0.772. The lowest BCUT2D eigenvalue weighted by Gasteiger charge is -2.29. The number of carbonyl (C=O) groups is 1. The van der Waals surface area contributed by atoms with Crippen molar-refractivity contribution in [3.63, 3.8) is 0 Å². The fourth-order valence-electron chi connectivity index (χ4n) is 3.98. The highest BCUT2D eigenvalue weighted by Crippen LogP contribution is 2.41. The Hall–Kier alpha value is -1.03. The van der Waals surface area contributed by atoms with E-state index in [2.05, 4.69) is 5.32 Å². The molecule has 0 unspecified atom stereocenters. The number of urea groups is 1. The minimum Gasteiger partial charge on any atom is -0.337 e. The summed E-state index contributed by atoms with van der Waals surface area (Å²) in [6, 6.07) is -0.615. The van der Waals surface area contributed by atoms with Gasteiger partial charge in [-0.2, -0.15) is 13.2 Å². The zero-order valence-corrected chi connectivity index (χ0v) is 16.3. The van der Waals surface area contributed by atoms with Gasteiger partial charge in [-0.25, -0.2) is 17.5 Å². The number of hydrogen-bond donors (Lipinski definition) is 1. The van der Waals surface area contributed by atoms with Gasteiger partial charge in [-0.05, 0) is 24.7 Å². The summed E-state index contributed by atoms with van der Waals surface area (Å²) in [4.78, 5) is 13.4. The molecule has 2 rings (SSSR count). The van der Waals surface area contributed by atoms with Crippen molar-refractivity contribution in [2.75, 3.05) is 33.7 Å².